The van der Waals surface area contributed by atoms with Crippen LogP contribution in [-0.4, -0.2) is 75.8 Å². The van der Waals surface area contributed by atoms with E-state index in [1.54, 1.807) is 18.3 Å². The van der Waals surface area contributed by atoms with Crippen molar-refractivity contribution in [2.24, 2.45) is 0 Å². The lowest BCUT2D eigenvalue weighted by Gasteiger charge is -2.25. The lowest BCUT2D eigenvalue weighted by atomic mass is 10.0. The number of fused-ring (bicyclic) bond motifs is 2. The highest BCUT2D eigenvalue weighted by atomic mass is 16.5. The summed E-state index contributed by atoms with van der Waals surface area (Å²) in [6.45, 7) is 1.57. The molecular formula is C33H35N7O6. The predicted octanol–water partition coefficient (Wildman–Crippen LogP) is 1.35. The normalized spacial score (nSPS) is 20.0. The fourth-order valence-corrected chi connectivity index (χ4v) is 5.03. The monoisotopic (exact) mass is 625 g/mol. The van der Waals surface area contributed by atoms with Crippen molar-refractivity contribution in [2.45, 2.75) is 44.4 Å². The van der Waals surface area contributed by atoms with Crippen LogP contribution in [0, 0.1) is 0 Å². The molecule has 0 spiro atoms. The Morgan fingerprint density at radius 1 is 0.826 bits per heavy atom. The SMILES string of the molecule is C[C@@H]1NC(=O)c2cc(on2)CN(C(=O)c2ccc[nH]2)CCNC(=O)[C@@H](Cc2ccccc2)NC(=O)[C@H](Cc2ccccc2)NC1=O. The number of aromatic nitrogens is 2. The number of rotatable bonds is 5. The van der Waals surface area contributed by atoms with Gasteiger partial charge in [-0.2, -0.15) is 0 Å². The van der Waals surface area contributed by atoms with Crippen molar-refractivity contribution in [1.29, 1.82) is 0 Å². The summed E-state index contributed by atoms with van der Waals surface area (Å²) >= 11 is 0. The zero-order valence-corrected chi connectivity index (χ0v) is 25.2. The van der Waals surface area contributed by atoms with E-state index in [1.165, 1.54) is 17.9 Å². The van der Waals surface area contributed by atoms with Crippen LogP contribution in [0.5, 0.6) is 0 Å². The second-order valence-corrected chi connectivity index (χ2v) is 11.0. The maximum absolute atomic E-state index is 13.8. The lowest BCUT2D eigenvalue weighted by Crippen LogP contribution is -2.57. The molecule has 0 saturated heterocycles. The van der Waals surface area contributed by atoms with E-state index in [1.807, 2.05) is 60.7 Å². The van der Waals surface area contributed by atoms with Crippen molar-refractivity contribution in [2.75, 3.05) is 13.1 Å². The molecule has 1 aliphatic rings. The molecule has 5 rings (SSSR count). The Balaban J connectivity index is 1.44. The Labute approximate surface area is 265 Å². The van der Waals surface area contributed by atoms with Crippen molar-refractivity contribution in [1.82, 2.24) is 36.3 Å². The lowest BCUT2D eigenvalue weighted by molar-refractivity contribution is -0.132. The van der Waals surface area contributed by atoms with Crippen LogP contribution in [0.1, 0.15) is 44.8 Å². The van der Waals surface area contributed by atoms with Crippen LogP contribution >= 0.6 is 0 Å². The molecule has 0 radical (unpaired) electrons. The Kier molecular flexibility index (Phi) is 10.2. The number of nitrogens with zero attached hydrogens (tertiary/aromatic N) is 2. The number of amides is 5. The molecule has 2 bridgehead atoms. The van der Waals surface area contributed by atoms with E-state index in [9.17, 15) is 24.0 Å². The molecule has 2 aromatic heterocycles. The van der Waals surface area contributed by atoms with Gasteiger partial charge in [0.15, 0.2) is 11.5 Å². The van der Waals surface area contributed by atoms with Crippen LogP contribution in [0.15, 0.2) is 89.6 Å². The van der Waals surface area contributed by atoms with Crippen molar-refractivity contribution in [3.8, 4) is 0 Å². The number of aromatic amines is 1. The van der Waals surface area contributed by atoms with E-state index >= 15 is 0 Å². The molecule has 238 valence electrons. The molecule has 1 aliphatic heterocycles. The highest BCUT2D eigenvalue weighted by Crippen LogP contribution is 2.12. The number of carbonyl (C=O) groups is 5. The zero-order chi connectivity index (χ0) is 32.5. The van der Waals surface area contributed by atoms with E-state index < -0.39 is 41.8 Å². The van der Waals surface area contributed by atoms with Gasteiger partial charge in [-0.1, -0.05) is 65.8 Å². The van der Waals surface area contributed by atoms with Gasteiger partial charge >= 0.3 is 0 Å². The Hall–Kier alpha value is -5.72. The fraction of sp³-hybridized carbons (Fsp3) is 0.273. The summed E-state index contributed by atoms with van der Waals surface area (Å²) in [7, 11) is 0. The van der Waals surface area contributed by atoms with Crippen LogP contribution in [0.2, 0.25) is 0 Å². The van der Waals surface area contributed by atoms with Gasteiger partial charge in [0.1, 0.15) is 23.8 Å². The minimum Gasteiger partial charge on any atom is -0.359 e. The smallest absolute Gasteiger partial charge is 0.274 e. The maximum atomic E-state index is 13.8. The first-order valence-electron chi connectivity index (χ1n) is 14.9. The highest BCUT2D eigenvalue weighted by molar-refractivity contribution is 5.98. The van der Waals surface area contributed by atoms with Crippen molar-refractivity contribution in [3.05, 3.63) is 113 Å². The summed E-state index contributed by atoms with van der Waals surface area (Å²) in [4.78, 5) is 71.2. The molecule has 13 heteroatoms. The molecular weight excluding hydrogens is 590 g/mol. The summed E-state index contributed by atoms with van der Waals surface area (Å²) < 4.78 is 5.36. The third-order valence-electron chi connectivity index (χ3n) is 7.51. The third-order valence-corrected chi connectivity index (χ3v) is 7.51. The number of nitrogens with one attached hydrogen (secondary N) is 5. The van der Waals surface area contributed by atoms with Gasteiger partial charge < -0.3 is 35.7 Å². The molecule has 0 aliphatic carbocycles. The summed E-state index contributed by atoms with van der Waals surface area (Å²) in [5.41, 5.74) is 1.84. The Morgan fingerprint density at radius 2 is 1.46 bits per heavy atom. The maximum Gasteiger partial charge on any atom is 0.274 e. The molecule has 4 aromatic rings. The van der Waals surface area contributed by atoms with Gasteiger partial charge in [-0.05, 0) is 30.2 Å². The zero-order valence-electron chi connectivity index (χ0n) is 25.2. The minimum absolute atomic E-state index is 0.0462. The first-order chi connectivity index (χ1) is 22.3. The van der Waals surface area contributed by atoms with Gasteiger partial charge in [0, 0.05) is 38.2 Å². The number of carbonyl (C=O) groups excluding carboxylic acids is 5. The Morgan fingerprint density at radius 3 is 2.09 bits per heavy atom. The third kappa shape index (κ3) is 8.25. The minimum atomic E-state index is -1.06. The highest BCUT2D eigenvalue weighted by Gasteiger charge is 2.30. The van der Waals surface area contributed by atoms with Gasteiger partial charge in [0.2, 0.25) is 17.7 Å². The van der Waals surface area contributed by atoms with Crippen molar-refractivity contribution < 1.29 is 28.5 Å². The number of benzene rings is 2. The average Bonchev–Trinajstić information content (AvgIpc) is 3.77. The summed E-state index contributed by atoms with van der Waals surface area (Å²) in [6, 6.07) is 19.9. The molecule has 13 nitrogen and oxygen atoms in total. The van der Waals surface area contributed by atoms with Crippen LogP contribution < -0.4 is 21.3 Å². The number of H-pyrrole nitrogens is 1. The first kappa shape index (κ1) is 31.7. The number of hydrogen-bond acceptors (Lipinski definition) is 7. The largest absolute Gasteiger partial charge is 0.359 e. The Bertz CT molecular complexity index is 1660. The average molecular weight is 626 g/mol. The van der Waals surface area contributed by atoms with Gasteiger partial charge in [0.05, 0.1) is 6.54 Å². The number of hydrogen-bond donors (Lipinski definition) is 5. The van der Waals surface area contributed by atoms with Crippen LogP contribution in [-0.2, 0) is 33.8 Å². The molecule has 3 atom stereocenters. The molecule has 5 N–H and O–H groups in total. The fourth-order valence-electron chi connectivity index (χ4n) is 5.03. The molecule has 0 fully saturated rings. The quantitative estimate of drug-likeness (QED) is 0.222. The van der Waals surface area contributed by atoms with Crippen molar-refractivity contribution >= 4 is 29.5 Å². The van der Waals surface area contributed by atoms with Crippen molar-refractivity contribution in [3.63, 3.8) is 0 Å². The molecule has 0 saturated carbocycles. The van der Waals surface area contributed by atoms with E-state index in [0.29, 0.717) is 5.69 Å². The van der Waals surface area contributed by atoms with Gasteiger partial charge in [-0.25, -0.2) is 0 Å². The van der Waals surface area contributed by atoms with Crippen LogP contribution in [0.3, 0.4) is 0 Å². The second-order valence-electron chi connectivity index (χ2n) is 11.0. The van der Waals surface area contributed by atoms with Gasteiger partial charge in [-0.3, -0.25) is 24.0 Å². The topological polar surface area (TPSA) is 179 Å². The first-order valence-corrected chi connectivity index (χ1v) is 14.9. The predicted molar refractivity (Wildman–Crippen MR) is 166 cm³/mol. The standard InChI is InChI=1S/C33H35N7O6/c1-21-29(41)37-27(18-23-11-6-3-7-12-23)31(43)38-26(17-22-9-4-2-5-10-22)30(42)35-15-16-40(33(45)25-13-8-14-34-25)20-24-19-28(39-46-24)32(44)36-21/h2-14,19,21,26-27,34H,15-18,20H2,1H3,(H,35,42)(H,36,44)(H,37,41)(H,38,43)/t21-,26+,27-/m0/s1. The van der Waals surface area contributed by atoms with Gasteiger partial charge in [-0.15, -0.1) is 0 Å². The van der Waals surface area contributed by atoms with Crippen LogP contribution in [0.25, 0.3) is 0 Å². The van der Waals surface area contributed by atoms with E-state index in [-0.39, 0.29) is 49.8 Å². The van der Waals surface area contributed by atoms with E-state index in [2.05, 4.69) is 31.4 Å². The molecule has 2 aromatic carbocycles. The molecule has 3 heterocycles. The van der Waals surface area contributed by atoms with Crippen LogP contribution in [0.4, 0.5) is 0 Å². The second kappa shape index (κ2) is 14.8. The van der Waals surface area contributed by atoms with E-state index in [4.69, 9.17) is 4.52 Å². The summed E-state index contributed by atoms with van der Waals surface area (Å²) in [5.74, 6) is -2.44. The molecule has 0 unspecified atom stereocenters. The molecule has 46 heavy (non-hydrogen) atoms. The summed E-state index contributed by atoms with van der Waals surface area (Å²) in [6.07, 6.45) is 1.94. The van der Waals surface area contributed by atoms with E-state index in [0.717, 1.165) is 11.1 Å². The van der Waals surface area contributed by atoms with Gasteiger partial charge in [0.25, 0.3) is 11.8 Å². The molecule has 5 amide bonds. The summed E-state index contributed by atoms with van der Waals surface area (Å²) in [5, 5.41) is 14.8.